The lowest BCUT2D eigenvalue weighted by molar-refractivity contribution is -0.896. The third-order valence-corrected chi connectivity index (χ3v) is 5.65. The lowest BCUT2D eigenvalue weighted by Gasteiger charge is -2.31. The minimum absolute atomic E-state index is 0.000890. The lowest BCUT2D eigenvalue weighted by atomic mass is 10.0. The molecule has 0 atom stereocenters. The molecule has 0 aliphatic carbocycles. The van der Waals surface area contributed by atoms with Crippen LogP contribution in [0.15, 0.2) is 54.6 Å². The van der Waals surface area contributed by atoms with Crippen molar-refractivity contribution in [2.24, 2.45) is 0 Å². The first-order valence-corrected chi connectivity index (χ1v) is 11.3. The van der Waals surface area contributed by atoms with Gasteiger partial charge in [0.1, 0.15) is 5.75 Å². The molecule has 1 saturated heterocycles. The fraction of sp³-hybridized carbons (Fsp3) is 0.440. The van der Waals surface area contributed by atoms with Crippen LogP contribution in [0.5, 0.6) is 5.75 Å². The van der Waals surface area contributed by atoms with E-state index in [4.69, 9.17) is 4.74 Å². The smallest absolute Gasteiger partial charge is 0.275 e. The molecule has 1 fully saturated rings. The number of benzene rings is 2. The molecule has 0 unspecified atom stereocenters. The van der Waals surface area contributed by atoms with E-state index in [2.05, 4.69) is 24.4 Å². The summed E-state index contributed by atoms with van der Waals surface area (Å²) in [7, 11) is 0. The molecule has 2 aromatic rings. The number of rotatable bonds is 10. The molecule has 166 valence electrons. The molecule has 31 heavy (non-hydrogen) atoms. The largest absolute Gasteiger partial charge is 0.483 e. The summed E-state index contributed by atoms with van der Waals surface area (Å²) in [6.45, 7) is 6.27. The van der Waals surface area contributed by atoms with Gasteiger partial charge in [-0.15, -0.1) is 0 Å². The number of carbonyl (C=O) groups excluding carboxylic acids is 2. The normalized spacial score (nSPS) is 14.3. The maximum atomic E-state index is 12.7. The molecular formula is C25H34N3O3+. The second-order valence-corrected chi connectivity index (χ2v) is 8.07. The molecule has 6 nitrogen and oxygen atoms in total. The number of quaternary nitrogens is 1. The molecule has 0 radical (unpaired) electrons. The van der Waals surface area contributed by atoms with Gasteiger partial charge in [-0.25, -0.2) is 0 Å². The molecule has 1 heterocycles. The number of piperazine rings is 1. The number of hydrogen-bond donors (Lipinski definition) is 2. The monoisotopic (exact) mass is 424 g/mol. The third-order valence-electron chi connectivity index (χ3n) is 5.65. The number of carbonyl (C=O) groups is 2. The molecule has 2 aromatic carbocycles. The zero-order valence-electron chi connectivity index (χ0n) is 18.4. The SMILES string of the molecule is CCCCNC(=O)C[NH+]1CCN(C(=O)COc2ccccc2Cc2ccccc2)CC1. The molecule has 2 amide bonds. The molecule has 0 saturated carbocycles. The zero-order valence-corrected chi connectivity index (χ0v) is 18.4. The minimum Gasteiger partial charge on any atom is -0.483 e. The van der Waals surface area contributed by atoms with E-state index >= 15 is 0 Å². The average molecular weight is 425 g/mol. The van der Waals surface area contributed by atoms with Crippen molar-refractivity contribution in [3.63, 3.8) is 0 Å². The van der Waals surface area contributed by atoms with Gasteiger partial charge in [-0.1, -0.05) is 61.9 Å². The molecule has 1 aliphatic rings. The Bertz CT molecular complexity index is 833. The van der Waals surface area contributed by atoms with Crippen molar-refractivity contribution in [3.05, 3.63) is 65.7 Å². The summed E-state index contributed by atoms with van der Waals surface area (Å²) in [6, 6.07) is 18.1. The topological polar surface area (TPSA) is 63.1 Å². The predicted octanol–water partition coefficient (Wildman–Crippen LogP) is 1.30. The van der Waals surface area contributed by atoms with E-state index in [1.807, 2.05) is 47.4 Å². The van der Waals surface area contributed by atoms with Crippen LogP contribution < -0.4 is 15.0 Å². The molecule has 0 aromatic heterocycles. The molecule has 3 rings (SSSR count). The summed E-state index contributed by atoms with van der Waals surface area (Å²) in [5.74, 6) is 0.857. The van der Waals surface area contributed by atoms with E-state index in [0.29, 0.717) is 19.6 Å². The Hall–Kier alpha value is -2.86. The van der Waals surface area contributed by atoms with E-state index in [0.717, 1.165) is 50.2 Å². The van der Waals surface area contributed by atoms with Crippen LogP contribution in [0.2, 0.25) is 0 Å². The number of amides is 2. The Kier molecular flexibility index (Phi) is 8.91. The number of nitrogens with one attached hydrogen (secondary N) is 2. The van der Waals surface area contributed by atoms with Crippen molar-refractivity contribution in [3.8, 4) is 5.75 Å². The van der Waals surface area contributed by atoms with Crippen LogP contribution in [0.1, 0.15) is 30.9 Å². The Morgan fingerprint density at radius 1 is 1.03 bits per heavy atom. The molecule has 1 aliphatic heterocycles. The highest BCUT2D eigenvalue weighted by molar-refractivity contribution is 5.78. The highest BCUT2D eigenvalue weighted by atomic mass is 16.5. The first-order valence-electron chi connectivity index (χ1n) is 11.3. The van der Waals surface area contributed by atoms with Crippen molar-refractivity contribution in [2.75, 3.05) is 45.9 Å². The van der Waals surface area contributed by atoms with Crippen molar-refractivity contribution < 1.29 is 19.2 Å². The van der Waals surface area contributed by atoms with Gasteiger partial charge in [-0.05, 0) is 23.6 Å². The van der Waals surface area contributed by atoms with Crippen LogP contribution in [0.4, 0.5) is 0 Å². The Morgan fingerprint density at radius 2 is 1.74 bits per heavy atom. The number of hydrogen-bond acceptors (Lipinski definition) is 3. The third kappa shape index (κ3) is 7.40. The van der Waals surface area contributed by atoms with Gasteiger partial charge in [-0.3, -0.25) is 9.59 Å². The molecule has 0 spiro atoms. The lowest BCUT2D eigenvalue weighted by Crippen LogP contribution is -3.15. The number of para-hydroxylation sites is 1. The van der Waals surface area contributed by atoms with Crippen LogP contribution in [-0.2, 0) is 16.0 Å². The van der Waals surface area contributed by atoms with Crippen molar-refractivity contribution in [2.45, 2.75) is 26.2 Å². The van der Waals surface area contributed by atoms with E-state index < -0.39 is 0 Å². The quantitative estimate of drug-likeness (QED) is 0.565. The van der Waals surface area contributed by atoms with Crippen LogP contribution in [0, 0.1) is 0 Å². The van der Waals surface area contributed by atoms with Gasteiger partial charge in [0.25, 0.3) is 11.8 Å². The van der Waals surface area contributed by atoms with Crippen LogP contribution >= 0.6 is 0 Å². The van der Waals surface area contributed by atoms with E-state index in [1.165, 1.54) is 10.5 Å². The standard InChI is InChI=1S/C25H33N3O3/c1-2-3-13-26-24(29)19-27-14-16-28(17-15-27)25(30)20-31-23-12-8-7-11-22(23)18-21-9-5-4-6-10-21/h4-12H,2-3,13-20H2,1H3,(H,26,29)/p+1. The van der Waals surface area contributed by atoms with Crippen molar-refractivity contribution in [1.29, 1.82) is 0 Å². The van der Waals surface area contributed by atoms with Crippen molar-refractivity contribution in [1.82, 2.24) is 10.2 Å². The summed E-state index contributed by atoms with van der Waals surface area (Å²) < 4.78 is 5.91. The second-order valence-electron chi connectivity index (χ2n) is 8.07. The van der Waals surface area contributed by atoms with Gasteiger partial charge in [0.15, 0.2) is 13.2 Å². The van der Waals surface area contributed by atoms with Crippen molar-refractivity contribution >= 4 is 11.8 Å². The van der Waals surface area contributed by atoms with E-state index in [-0.39, 0.29) is 18.4 Å². The van der Waals surface area contributed by atoms with Crippen LogP contribution in [0.3, 0.4) is 0 Å². The van der Waals surface area contributed by atoms with E-state index in [1.54, 1.807) is 0 Å². The molecule has 6 heteroatoms. The summed E-state index contributed by atoms with van der Waals surface area (Å²) in [4.78, 5) is 27.7. The number of unbranched alkanes of at least 4 members (excludes halogenated alkanes) is 1. The fourth-order valence-corrected chi connectivity index (χ4v) is 3.78. The fourth-order valence-electron chi connectivity index (χ4n) is 3.78. The van der Waals surface area contributed by atoms with Gasteiger partial charge >= 0.3 is 0 Å². The Balaban J connectivity index is 1.43. The summed E-state index contributed by atoms with van der Waals surface area (Å²) in [6.07, 6.45) is 2.86. The molecule has 2 N–H and O–H groups in total. The van der Waals surface area contributed by atoms with Gasteiger partial charge in [0, 0.05) is 13.0 Å². The van der Waals surface area contributed by atoms with E-state index in [9.17, 15) is 9.59 Å². The summed E-state index contributed by atoms with van der Waals surface area (Å²) in [5, 5.41) is 2.97. The molecule has 0 bridgehead atoms. The first-order chi connectivity index (χ1) is 15.2. The predicted molar refractivity (Wildman–Crippen MR) is 121 cm³/mol. The Labute approximate surface area is 185 Å². The average Bonchev–Trinajstić information content (AvgIpc) is 2.80. The van der Waals surface area contributed by atoms with Gasteiger partial charge < -0.3 is 19.9 Å². The van der Waals surface area contributed by atoms with Crippen LogP contribution in [-0.4, -0.2) is 62.6 Å². The highest BCUT2D eigenvalue weighted by Gasteiger charge is 2.25. The number of nitrogens with zero attached hydrogens (tertiary/aromatic N) is 1. The van der Waals surface area contributed by atoms with Gasteiger partial charge in [-0.2, -0.15) is 0 Å². The molecular weight excluding hydrogens is 390 g/mol. The minimum atomic E-state index is 0.000890. The maximum absolute atomic E-state index is 12.7. The second kappa shape index (κ2) is 12.1. The zero-order chi connectivity index (χ0) is 21.9. The Morgan fingerprint density at radius 3 is 2.48 bits per heavy atom. The summed E-state index contributed by atoms with van der Waals surface area (Å²) in [5.41, 5.74) is 2.28. The highest BCUT2D eigenvalue weighted by Crippen LogP contribution is 2.21. The van der Waals surface area contributed by atoms with Crippen LogP contribution in [0.25, 0.3) is 0 Å². The summed E-state index contributed by atoms with van der Waals surface area (Å²) >= 11 is 0. The first kappa shape index (κ1) is 22.8. The van der Waals surface area contributed by atoms with Gasteiger partial charge in [0.05, 0.1) is 26.2 Å². The maximum Gasteiger partial charge on any atom is 0.275 e. The van der Waals surface area contributed by atoms with Gasteiger partial charge in [0.2, 0.25) is 0 Å². The number of ether oxygens (including phenoxy) is 1.